The van der Waals surface area contributed by atoms with Crippen molar-refractivity contribution in [2.75, 3.05) is 6.61 Å². The lowest BCUT2D eigenvalue weighted by molar-refractivity contribution is 0.223. The average Bonchev–Trinajstić information content (AvgIpc) is 2.52. The highest BCUT2D eigenvalue weighted by atomic mass is 16.3. The van der Waals surface area contributed by atoms with Crippen LogP contribution in [0.25, 0.3) is 0 Å². The largest absolute Gasteiger partial charge is 0.396 e. The van der Waals surface area contributed by atoms with E-state index in [0.717, 1.165) is 12.1 Å². The zero-order chi connectivity index (χ0) is 8.97. The Balaban J connectivity index is 2.52. The normalized spacial score (nSPS) is 13.2. The van der Waals surface area contributed by atoms with E-state index in [1.165, 1.54) is 0 Å². The number of aliphatic hydroxyl groups excluding tert-OH is 2. The molecule has 0 aliphatic carbocycles. The Morgan fingerprint density at radius 3 is 2.75 bits per heavy atom. The molecular weight excluding hydrogens is 154 g/mol. The summed E-state index contributed by atoms with van der Waals surface area (Å²) in [5.74, 6) is 0.268. The van der Waals surface area contributed by atoms with E-state index in [1.807, 2.05) is 30.0 Å². The lowest BCUT2D eigenvalue weighted by atomic mass is 10.2. The summed E-state index contributed by atoms with van der Waals surface area (Å²) in [5, 5.41) is 17.6. The summed E-state index contributed by atoms with van der Waals surface area (Å²) >= 11 is 0. The van der Waals surface area contributed by atoms with Gasteiger partial charge in [0.05, 0.1) is 6.61 Å². The molecule has 12 heavy (non-hydrogen) atoms. The van der Waals surface area contributed by atoms with Gasteiger partial charge in [0.15, 0.2) is 0 Å². The Hall–Kier alpha value is -0.800. The summed E-state index contributed by atoms with van der Waals surface area (Å²) in [5.41, 5.74) is 0.917. The molecule has 0 saturated carbocycles. The summed E-state index contributed by atoms with van der Waals surface area (Å²) < 4.78 is 1.98. The summed E-state index contributed by atoms with van der Waals surface area (Å²) in [6.45, 7) is 3.07. The lowest BCUT2D eigenvalue weighted by Gasteiger charge is -2.07. The first-order valence-electron chi connectivity index (χ1n) is 4.12. The zero-order valence-electron chi connectivity index (χ0n) is 7.27. The number of hydrogen-bond acceptors (Lipinski definition) is 2. The predicted octanol–water partition coefficient (Wildman–Crippen LogP) is 0.609. The zero-order valence-corrected chi connectivity index (χ0v) is 7.27. The van der Waals surface area contributed by atoms with Gasteiger partial charge < -0.3 is 14.8 Å². The van der Waals surface area contributed by atoms with Crippen molar-refractivity contribution >= 4 is 0 Å². The highest BCUT2D eigenvalue weighted by Crippen LogP contribution is 2.04. The van der Waals surface area contributed by atoms with Crippen LogP contribution < -0.4 is 0 Å². The molecule has 0 fully saturated rings. The quantitative estimate of drug-likeness (QED) is 0.693. The van der Waals surface area contributed by atoms with Gasteiger partial charge in [-0.15, -0.1) is 0 Å². The van der Waals surface area contributed by atoms with Crippen LogP contribution in [0, 0.1) is 5.92 Å². The second-order valence-electron chi connectivity index (χ2n) is 3.16. The first-order valence-corrected chi connectivity index (χ1v) is 4.12. The molecule has 1 unspecified atom stereocenters. The van der Waals surface area contributed by atoms with Crippen LogP contribution in [0.15, 0.2) is 18.5 Å². The highest BCUT2D eigenvalue weighted by molar-refractivity contribution is 5.08. The van der Waals surface area contributed by atoms with Crippen LogP contribution >= 0.6 is 0 Å². The van der Waals surface area contributed by atoms with Gasteiger partial charge in [-0.2, -0.15) is 0 Å². The van der Waals surface area contributed by atoms with Crippen molar-refractivity contribution in [2.24, 2.45) is 5.92 Å². The fourth-order valence-electron chi connectivity index (χ4n) is 1.12. The third-order valence-corrected chi connectivity index (χ3v) is 1.83. The molecule has 68 valence electrons. The van der Waals surface area contributed by atoms with Crippen molar-refractivity contribution in [2.45, 2.75) is 20.1 Å². The van der Waals surface area contributed by atoms with Gasteiger partial charge >= 0.3 is 0 Å². The van der Waals surface area contributed by atoms with E-state index in [1.54, 1.807) is 0 Å². The Morgan fingerprint density at radius 1 is 1.50 bits per heavy atom. The van der Waals surface area contributed by atoms with Gasteiger partial charge in [-0.1, -0.05) is 6.92 Å². The molecule has 3 nitrogen and oxygen atoms in total. The van der Waals surface area contributed by atoms with E-state index in [4.69, 9.17) is 10.2 Å². The van der Waals surface area contributed by atoms with Crippen LogP contribution in [-0.2, 0) is 13.2 Å². The SMILES string of the molecule is CC(CO)Cn1ccc(CO)c1. The van der Waals surface area contributed by atoms with E-state index in [2.05, 4.69) is 0 Å². The first kappa shape index (κ1) is 9.29. The van der Waals surface area contributed by atoms with Gasteiger partial charge in [0.25, 0.3) is 0 Å². The van der Waals surface area contributed by atoms with Crippen LogP contribution in [-0.4, -0.2) is 21.4 Å². The van der Waals surface area contributed by atoms with E-state index < -0.39 is 0 Å². The summed E-state index contributed by atoms with van der Waals surface area (Å²) in [6.07, 6.45) is 3.81. The molecule has 1 aromatic heterocycles. The van der Waals surface area contributed by atoms with Crippen molar-refractivity contribution in [3.05, 3.63) is 24.0 Å². The fourth-order valence-corrected chi connectivity index (χ4v) is 1.12. The Bertz CT molecular complexity index is 232. The number of rotatable bonds is 4. The molecule has 0 aromatic carbocycles. The molecule has 0 aliphatic heterocycles. The van der Waals surface area contributed by atoms with E-state index in [0.29, 0.717) is 0 Å². The maximum Gasteiger partial charge on any atom is 0.0696 e. The molecule has 1 heterocycles. The third kappa shape index (κ3) is 2.36. The second-order valence-corrected chi connectivity index (χ2v) is 3.16. The van der Waals surface area contributed by atoms with Crippen molar-refractivity contribution in [3.63, 3.8) is 0 Å². The van der Waals surface area contributed by atoms with E-state index >= 15 is 0 Å². The molecule has 0 amide bonds. The Kier molecular flexibility index (Phi) is 3.31. The third-order valence-electron chi connectivity index (χ3n) is 1.83. The molecular formula is C9H15NO2. The fraction of sp³-hybridized carbons (Fsp3) is 0.556. The van der Waals surface area contributed by atoms with Gasteiger partial charge in [-0.25, -0.2) is 0 Å². The number of aliphatic hydroxyl groups is 2. The maximum atomic E-state index is 8.80. The summed E-state index contributed by atoms with van der Waals surface area (Å²) in [4.78, 5) is 0. The molecule has 1 rings (SSSR count). The van der Waals surface area contributed by atoms with Crippen LogP contribution in [0.2, 0.25) is 0 Å². The molecule has 0 saturated heterocycles. The predicted molar refractivity (Wildman–Crippen MR) is 46.6 cm³/mol. The van der Waals surface area contributed by atoms with Gasteiger partial charge in [-0.05, 0) is 17.5 Å². The van der Waals surface area contributed by atoms with Gasteiger partial charge in [0.2, 0.25) is 0 Å². The number of hydrogen-bond donors (Lipinski definition) is 2. The van der Waals surface area contributed by atoms with Crippen LogP contribution in [0.5, 0.6) is 0 Å². The average molecular weight is 169 g/mol. The molecule has 2 N–H and O–H groups in total. The summed E-state index contributed by atoms with van der Waals surface area (Å²) in [7, 11) is 0. The van der Waals surface area contributed by atoms with E-state index in [9.17, 15) is 0 Å². The van der Waals surface area contributed by atoms with Crippen LogP contribution in [0.1, 0.15) is 12.5 Å². The van der Waals surface area contributed by atoms with Crippen molar-refractivity contribution in [3.8, 4) is 0 Å². The molecule has 1 aromatic rings. The molecule has 3 heteroatoms. The first-order chi connectivity index (χ1) is 5.76. The standard InChI is InChI=1S/C9H15NO2/c1-8(6-11)4-10-3-2-9(5-10)7-12/h2-3,5,8,11-12H,4,6-7H2,1H3. The molecule has 0 bridgehead atoms. The van der Waals surface area contributed by atoms with Crippen molar-refractivity contribution in [1.82, 2.24) is 4.57 Å². The Morgan fingerprint density at radius 2 is 2.25 bits per heavy atom. The van der Waals surface area contributed by atoms with Gasteiger partial charge in [0, 0.05) is 25.5 Å². The topological polar surface area (TPSA) is 45.4 Å². The Labute approximate surface area is 72.3 Å². The minimum Gasteiger partial charge on any atom is -0.396 e. The minimum atomic E-state index is 0.0838. The van der Waals surface area contributed by atoms with Gasteiger partial charge in [0.1, 0.15) is 0 Å². The van der Waals surface area contributed by atoms with Crippen LogP contribution in [0.3, 0.4) is 0 Å². The lowest BCUT2D eigenvalue weighted by Crippen LogP contribution is -2.09. The smallest absolute Gasteiger partial charge is 0.0696 e. The van der Waals surface area contributed by atoms with Gasteiger partial charge in [-0.3, -0.25) is 0 Å². The molecule has 0 aliphatic rings. The summed E-state index contributed by atoms with van der Waals surface area (Å²) in [6, 6.07) is 1.88. The van der Waals surface area contributed by atoms with Crippen molar-refractivity contribution in [1.29, 1.82) is 0 Å². The van der Waals surface area contributed by atoms with Crippen LogP contribution in [0.4, 0.5) is 0 Å². The number of nitrogens with zero attached hydrogens (tertiary/aromatic N) is 1. The number of aromatic nitrogens is 1. The molecule has 1 atom stereocenters. The molecule has 0 spiro atoms. The monoisotopic (exact) mass is 169 g/mol. The molecule has 0 radical (unpaired) electrons. The van der Waals surface area contributed by atoms with E-state index in [-0.39, 0.29) is 19.1 Å². The maximum absolute atomic E-state index is 8.80. The van der Waals surface area contributed by atoms with Crippen molar-refractivity contribution < 1.29 is 10.2 Å². The second kappa shape index (κ2) is 4.28. The highest BCUT2D eigenvalue weighted by Gasteiger charge is 2.01. The minimum absolute atomic E-state index is 0.0838.